The normalized spacial score (nSPS) is 18.2. The number of hydrogen-bond donors (Lipinski definition) is 2. The molecule has 4 nitrogen and oxygen atoms in total. The van der Waals surface area contributed by atoms with Crippen LogP contribution in [0.25, 0.3) is 10.9 Å². The summed E-state index contributed by atoms with van der Waals surface area (Å²) in [6, 6.07) is 8.05. The third-order valence-electron chi connectivity index (χ3n) is 4.37. The molecule has 1 atom stereocenters. The number of hydrogen-bond acceptors (Lipinski definition) is 3. The fraction of sp³-hybridized carbons (Fsp3) is 0.529. The van der Waals surface area contributed by atoms with Gasteiger partial charge in [0.05, 0.1) is 12.7 Å². The van der Waals surface area contributed by atoms with Gasteiger partial charge in [0, 0.05) is 35.8 Å². The van der Waals surface area contributed by atoms with Gasteiger partial charge in [-0.1, -0.05) is 24.6 Å². The summed E-state index contributed by atoms with van der Waals surface area (Å²) in [7, 11) is 0. The second-order valence-corrected chi connectivity index (χ2v) is 6.00. The Kier molecular flexibility index (Phi) is 4.58. The van der Waals surface area contributed by atoms with Crippen molar-refractivity contribution in [1.29, 1.82) is 0 Å². The van der Waals surface area contributed by atoms with Crippen LogP contribution in [0.5, 0.6) is 0 Å². The quantitative estimate of drug-likeness (QED) is 0.884. The number of piperidine rings is 1. The van der Waals surface area contributed by atoms with Crippen LogP contribution in [0.4, 0.5) is 0 Å². The first-order chi connectivity index (χ1) is 10.3. The second-order valence-electron chi connectivity index (χ2n) is 6.00. The van der Waals surface area contributed by atoms with Crippen LogP contribution in [0.1, 0.15) is 24.8 Å². The SMILES string of the molecule is OCc1cn(CC(O)CN2CCCCC2)c2ccccc12. The van der Waals surface area contributed by atoms with Gasteiger partial charge >= 0.3 is 0 Å². The highest BCUT2D eigenvalue weighted by molar-refractivity contribution is 5.83. The van der Waals surface area contributed by atoms with Crippen LogP contribution in [-0.4, -0.2) is 45.4 Å². The van der Waals surface area contributed by atoms with Gasteiger partial charge in [0.25, 0.3) is 0 Å². The molecule has 4 heteroatoms. The zero-order valence-electron chi connectivity index (χ0n) is 12.4. The van der Waals surface area contributed by atoms with Crippen molar-refractivity contribution in [3.63, 3.8) is 0 Å². The van der Waals surface area contributed by atoms with Gasteiger partial charge in [-0.2, -0.15) is 0 Å². The van der Waals surface area contributed by atoms with Crippen LogP contribution in [-0.2, 0) is 13.2 Å². The number of likely N-dealkylation sites (tertiary alicyclic amines) is 1. The molecule has 1 aromatic carbocycles. The number of aliphatic hydroxyl groups excluding tert-OH is 2. The summed E-state index contributed by atoms with van der Waals surface area (Å²) in [5.74, 6) is 0. The van der Waals surface area contributed by atoms with Crippen LogP contribution in [0.15, 0.2) is 30.5 Å². The van der Waals surface area contributed by atoms with Crippen molar-refractivity contribution in [3.05, 3.63) is 36.0 Å². The average Bonchev–Trinajstić information content (AvgIpc) is 2.86. The summed E-state index contributed by atoms with van der Waals surface area (Å²) in [5.41, 5.74) is 2.01. The predicted molar refractivity (Wildman–Crippen MR) is 84.2 cm³/mol. The van der Waals surface area contributed by atoms with Gasteiger partial charge in [-0.05, 0) is 32.0 Å². The third kappa shape index (κ3) is 3.28. The molecule has 1 fully saturated rings. The first-order valence-corrected chi connectivity index (χ1v) is 7.86. The van der Waals surface area contributed by atoms with E-state index in [1.54, 1.807) is 0 Å². The lowest BCUT2D eigenvalue weighted by Crippen LogP contribution is -2.37. The molecule has 2 aromatic rings. The van der Waals surface area contributed by atoms with E-state index in [0.717, 1.165) is 36.1 Å². The molecule has 21 heavy (non-hydrogen) atoms. The molecule has 0 amide bonds. The lowest BCUT2D eigenvalue weighted by Gasteiger charge is -2.28. The number of aromatic nitrogens is 1. The largest absolute Gasteiger partial charge is 0.392 e. The van der Waals surface area contributed by atoms with Gasteiger partial charge in [0.1, 0.15) is 0 Å². The third-order valence-corrected chi connectivity index (χ3v) is 4.37. The number of β-amino-alcohol motifs (C(OH)–C–C–N with tert-alkyl or cyclic N) is 1. The minimum atomic E-state index is -0.370. The number of rotatable bonds is 5. The van der Waals surface area contributed by atoms with Crippen molar-refractivity contribution in [1.82, 2.24) is 9.47 Å². The molecule has 0 saturated carbocycles. The first kappa shape index (κ1) is 14.6. The van der Waals surface area contributed by atoms with Gasteiger partial charge in [0.2, 0.25) is 0 Å². The van der Waals surface area contributed by atoms with Crippen molar-refractivity contribution in [3.8, 4) is 0 Å². The maximum Gasteiger partial charge on any atom is 0.0845 e. The Morgan fingerprint density at radius 3 is 2.57 bits per heavy atom. The number of nitrogens with zero attached hydrogens (tertiary/aromatic N) is 2. The number of aliphatic hydroxyl groups is 2. The predicted octanol–water partition coefficient (Wildman–Crippen LogP) is 1.98. The summed E-state index contributed by atoms with van der Waals surface area (Å²) in [6.45, 7) is 3.56. The van der Waals surface area contributed by atoms with E-state index < -0.39 is 0 Å². The van der Waals surface area contributed by atoms with Crippen LogP contribution >= 0.6 is 0 Å². The zero-order valence-corrected chi connectivity index (χ0v) is 12.4. The highest BCUT2D eigenvalue weighted by Gasteiger charge is 2.16. The molecule has 1 saturated heterocycles. The monoisotopic (exact) mass is 288 g/mol. The second kappa shape index (κ2) is 6.60. The Morgan fingerprint density at radius 2 is 1.81 bits per heavy atom. The van der Waals surface area contributed by atoms with Crippen LogP contribution in [0.2, 0.25) is 0 Å². The Hall–Kier alpha value is -1.36. The molecule has 0 bridgehead atoms. The number of benzene rings is 1. The molecule has 2 heterocycles. The van der Waals surface area contributed by atoms with E-state index in [2.05, 4.69) is 9.47 Å². The summed E-state index contributed by atoms with van der Waals surface area (Å²) in [5, 5.41) is 20.9. The van der Waals surface area contributed by atoms with Gasteiger partial charge < -0.3 is 19.7 Å². The van der Waals surface area contributed by atoms with Crippen LogP contribution in [0, 0.1) is 0 Å². The summed E-state index contributed by atoms with van der Waals surface area (Å²) >= 11 is 0. The molecular formula is C17H24N2O2. The maximum atomic E-state index is 10.4. The van der Waals surface area contributed by atoms with Gasteiger partial charge in [-0.15, -0.1) is 0 Å². The fourth-order valence-corrected chi connectivity index (χ4v) is 3.32. The average molecular weight is 288 g/mol. The first-order valence-electron chi connectivity index (χ1n) is 7.86. The standard InChI is InChI=1S/C17H24N2O2/c20-13-14-10-19(17-7-3-2-6-16(14)17)12-15(21)11-18-8-4-1-5-9-18/h2-3,6-7,10,15,20-21H,1,4-5,8-9,11-13H2. The van der Waals surface area contributed by atoms with Crippen molar-refractivity contribution in [2.45, 2.75) is 38.5 Å². The lowest BCUT2D eigenvalue weighted by molar-refractivity contribution is 0.0892. The molecule has 0 aliphatic carbocycles. The Labute approximate surface area is 125 Å². The number of fused-ring (bicyclic) bond motifs is 1. The molecule has 3 rings (SSSR count). The Bertz CT molecular complexity index is 587. The van der Waals surface area contributed by atoms with E-state index >= 15 is 0 Å². The number of para-hydroxylation sites is 1. The summed E-state index contributed by atoms with van der Waals surface area (Å²) in [6.07, 6.45) is 5.39. The summed E-state index contributed by atoms with van der Waals surface area (Å²) < 4.78 is 2.06. The van der Waals surface area contributed by atoms with E-state index in [0.29, 0.717) is 6.54 Å². The molecule has 114 valence electrons. The zero-order chi connectivity index (χ0) is 14.7. The molecule has 1 unspecified atom stereocenters. The van der Waals surface area contributed by atoms with E-state index in [4.69, 9.17) is 0 Å². The molecule has 1 aromatic heterocycles. The summed E-state index contributed by atoms with van der Waals surface area (Å²) in [4.78, 5) is 2.35. The highest BCUT2D eigenvalue weighted by atomic mass is 16.3. The molecular weight excluding hydrogens is 264 g/mol. The van der Waals surface area contributed by atoms with Crippen molar-refractivity contribution >= 4 is 10.9 Å². The molecule has 1 aliphatic heterocycles. The Balaban J connectivity index is 1.71. The van der Waals surface area contributed by atoms with Gasteiger partial charge in [-0.3, -0.25) is 0 Å². The molecule has 0 radical (unpaired) electrons. The topological polar surface area (TPSA) is 48.6 Å². The van der Waals surface area contributed by atoms with E-state index in [-0.39, 0.29) is 12.7 Å². The van der Waals surface area contributed by atoms with E-state index in [1.165, 1.54) is 19.3 Å². The molecule has 0 spiro atoms. The van der Waals surface area contributed by atoms with E-state index in [9.17, 15) is 10.2 Å². The van der Waals surface area contributed by atoms with Gasteiger partial charge in [-0.25, -0.2) is 0 Å². The highest BCUT2D eigenvalue weighted by Crippen LogP contribution is 2.22. The molecule has 1 aliphatic rings. The van der Waals surface area contributed by atoms with Crippen LogP contribution in [0.3, 0.4) is 0 Å². The van der Waals surface area contributed by atoms with E-state index in [1.807, 2.05) is 30.5 Å². The minimum Gasteiger partial charge on any atom is -0.392 e. The smallest absolute Gasteiger partial charge is 0.0845 e. The fourth-order valence-electron chi connectivity index (χ4n) is 3.32. The van der Waals surface area contributed by atoms with Crippen molar-refractivity contribution < 1.29 is 10.2 Å². The molecule has 2 N–H and O–H groups in total. The Morgan fingerprint density at radius 1 is 1.05 bits per heavy atom. The minimum absolute atomic E-state index is 0.0374. The maximum absolute atomic E-state index is 10.4. The van der Waals surface area contributed by atoms with Gasteiger partial charge in [0.15, 0.2) is 0 Å². The van der Waals surface area contributed by atoms with Crippen molar-refractivity contribution in [2.75, 3.05) is 19.6 Å². The van der Waals surface area contributed by atoms with Crippen molar-refractivity contribution in [2.24, 2.45) is 0 Å². The lowest BCUT2D eigenvalue weighted by atomic mass is 10.1. The van der Waals surface area contributed by atoms with Crippen LogP contribution < -0.4 is 0 Å².